The summed E-state index contributed by atoms with van der Waals surface area (Å²) in [5.74, 6) is 2.30. The Bertz CT molecular complexity index is 835. The first-order chi connectivity index (χ1) is 14.2. The molecule has 3 heterocycles. The van der Waals surface area contributed by atoms with Crippen LogP contribution in [0.5, 0.6) is 11.5 Å². The molecule has 0 saturated carbocycles. The van der Waals surface area contributed by atoms with Crippen molar-refractivity contribution in [3.8, 4) is 11.5 Å². The van der Waals surface area contributed by atoms with Crippen molar-refractivity contribution in [2.24, 2.45) is 0 Å². The van der Waals surface area contributed by atoms with Crippen LogP contribution in [0.25, 0.3) is 0 Å². The zero-order valence-electron chi connectivity index (χ0n) is 16.8. The first-order valence-corrected chi connectivity index (χ1v) is 10.2. The molecule has 1 aromatic heterocycles. The number of hydrogen-bond donors (Lipinski definition) is 1. The van der Waals surface area contributed by atoms with Gasteiger partial charge in [-0.25, -0.2) is 9.97 Å². The van der Waals surface area contributed by atoms with Gasteiger partial charge in [-0.05, 0) is 24.1 Å². The number of carbonyl (C=O) groups excluding carboxylic acids is 1. The van der Waals surface area contributed by atoms with Crippen molar-refractivity contribution in [2.75, 3.05) is 44.4 Å². The lowest BCUT2D eigenvalue weighted by atomic mass is 10.1. The van der Waals surface area contributed by atoms with Crippen LogP contribution >= 0.6 is 0 Å². The molecule has 1 amide bonds. The molecule has 0 bridgehead atoms. The molecule has 4 rings (SSSR count). The third-order valence-corrected chi connectivity index (χ3v) is 5.23. The molecule has 8 heteroatoms. The maximum absolute atomic E-state index is 12.0. The highest BCUT2D eigenvalue weighted by Gasteiger charge is 2.20. The number of piperazine rings is 1. The smallest absolute Gasteiger partial charge is 0.271 e. The molecular weight excluding hydrogens is 370 g/mol. The van der Waals surface area contributed by atoms with Crippen molar-refractivity contribution in [1.29, 1.82) is 0 Å². The van der Waals surface area contributed by atoms with Crippen molar-refractivity contribution >= 4 is 11.7 Å². The number of benzene rings is 1. The molecule has 0 spiro atoms. The second kappa shape index (κ2) is 9.09. The Hall–Kier alpha value is -2.87. The molecular formula is C21H27N5O3. The van der Waals surface area contributed by atoms with Gasteiger partial charge < -0.3 is 19.7 Å². The number of unbranched alkanes of at least 4 members (excludes halogenated alkanes) is 1. The topological polar surface area (TPSA) is 79.8 Å². The first kappa shape index (κ1) is 19.4. The van der Waals surface area contributed by atoms with E-state index in [4.69, 9.17) is 9.47 Å². The van der Waals surface area contributed by atoms with E-state index in [1.165, 1.54) is 5.56 Å². The van der Waals surface area contributed by atoms with Gasteiger partial charge >= 0.3 is 0 Å². The molecule has 1 fully saturated rings. The molecule has 0 atom stereocenters. The highest BCUT2D eigenvalue weighted by Crippen LogP contribution is 2.32. The minimum Gasteiger partial charge on any atom is -0.454 e. The van der Waals surface area contributed by atoms with Crippen LogP contribution in [0.3, 0.4) is 0 Å². The highest BCUT2D eigenvalue weighted by atomic mass is 16.7. The lowest BCUT2D eigenvalue weighted by molar-refractivity contribution is 0.0948. The molecule has 29 heavy (non-hydrogen) atoms. The van der Waals surface area contributed by atoms with Gasteiger partial charge in [-0.1, -0.05) is 19.4 Å². The van der Waals surface area contributed by atoms with Gasteiger partial charge in [-0.15, -0.1) is 0 Å². The summed E-state index contributed by atoms with van der Waals surface area (Å²) in [4.78, 5) is 25.4. The molecule has 8 nitrogen and oxygen atoms in total. The number of rotatable bonds is 7. The first-order valence-electron chi connectivity index (χ1n) is 10.2. The molecule has 2 aliphatic heterocycles. The van der Waals surface area contributed by atoms with E-state index in [2.05, 4.69) is 44.1 Å². The summed E-state index contributed by atoms with van der Waals surface area (Å²) in [7, 11) is 0. The zero-order chi connectivity index (χ0) is 20.1. The number of fused-ring (bicyclic) bond motifs is 1. The molecule has 1 saturated heterocycles. The number of ether oxygens (including phenoxy) is 2. The summed E-state index contributed by atoms with van der Waals surface area (Å²) < 4.78 is 10.8. The standard InChI is InChI=1S/C21H27N5O3/c1-2-3-6-22-21(27)17-12-24-20(13-23-17)26-9-7-25(8-10-26)14-16-4-5-18-19(11-16)29-15-28-18/h4-5,11-13H,2-3,6-10,14-15H2,1H3,(H,22,27). The van der Waals surface area contributed by atoms with Crippen LogP contribution in [0.1, 0.15) is 35.8 Å². The number of amides is 1. The van der Waals surface area contributed by atoms with Crippen LogP contribution in [0.15, 0.2) is 30.6 Å². The second-order valence-electron chi connectivity index (χ2n) is 7.32. The summed E-state index contributed by atoms with van der Waals surface area (Å²) in [5.41, 5.74) is 1.59. The quantitative estimate of drug-likeness (QED) is 0.717. The van der Waals surface area contributed by atoms with Crippen molar-refractivity contribution in [3.05, 3.63) is 41.9 Å². The normalized spacial score (nSPS) is 16.1. The van der Waals surface area contributed by atoms with Gasteiger partial charge in [-0.2, -0.15) is 0 Å². The largest absolute Gasteiger partial charge is 0.454 e. The molecule has 2 aliphatic rings. The second-order valence-corrected chi connectivity index (χ2v) is 7.32. The molecule has 0 unspecified atom stereocenters. The molecule has 154 valence electrons. The Morgan fingerprint density at radius 2 is 1.93 bits per heavy atom. The summed E-state index contributed by atoms with van der Waals surface area (Å²) in [6.07, 6.45) is 5.27. The molecule has 0 aliphatic carbocycles. The fraction of sp³-hybridized carbons (Fsp3) is 0.476. The van der Waals surface area contributed by atoms with Gasteiger partial charge in [0.25, 0.3) is 5.91 Å². The minimum absolute atomic E-state index is 0.161. The monoisotopic (exact) mass is 397 g/mol. The van der Waals surface area contributed by atoms with E-state index in [9.17, 15) is 4.79 Å². The average molecular weight is 397 g/mol. The van der Waals surface area contributed by atoms with E-state index in [1.807, 2.05) is 6.07 Å². The lowest BCUT2D eigenvalue weighted by Crippen LogP contribution is -2.46. The van der Waals surface area contributed by atoms with Gasteiger partial charge in [0, 0.05) is 39.3 Å². The number of anilines is 1. The third kappa shape index (κ3) is 4.76. The van der Waals surface area contributed by atoms with Gasteiger partial charge in [0.05, 0.1) is 12.4 Å². The summed E-state index contributed by atoms with van der Waals surface area (Å²) in [6, 6.07) is 6.13. The van der Waals surface area contributed by atoms with Gasteiger partial charge in [0.15, 0.2) is 11.5 Å². The van der Waals surface area contributed by atoms with Crippen LogP contribution in [0.2, 0.25) is 0 Å². The summed E-state index contributed by atoms with van der Waals surface area (Å²) in [5, 5.41) is 2.86. The summed E-state index contributed by atoms with van der Waals surface area (Å²) >= 11 is 0. The number of nitrogens with one attached hydrogen (secondary N) is 1. The predicted octanol–water partition coefficient (Wildman–Crippen LogP) is 2.06. The molecule has 0 radical (unpaired) electrons. The van der Waals surface area contributed by atoms with Gasteiger partial charge in [0.2, 0.25) is 6.79 Å². The van der Waals surface area contributed by atoms with Crippen LogP contribution in [0.4, 0.5) is 5.82 Å². The van der Waals surface area contributed by atoms with Crippen molar-refractivity contribution in [3.63, 3.8) is 0 Å². The van der Waals surface area contributed by atoms with E-state index in [0.717, 1.165) is 62.9 Å². The third-order valence-electron chi connectivity index (χ3n) is 5.23. The maximum Gasteiger partial charge on any atom is 0.271 e. The molecule has 2 aromatic rings. The molecule has 1 aromatic carbocycles. The Kier molecular flexibility index (Phi) is 6.09. The van der Waals surface area contributed by atoms with Crippen LogP contribution in [0, 0.1) is 0 Å². The fourth-order valence-electron chi connectivity index (χ4n) is 3.50. The Morgan fingerprint density at radius 1 is 1.10 bits per heavy atom. The van der Waals surface area contributed by atoms with E-state index >= 15 is 0 Å². The van der Waals surface area contributed by atoms with E-state index < -0.39 is 0 Å². The van der Waals surface area contributed by atoms with Crippen molar-refractivity contribution < 1.29 is 14.3 Å². The van der Waals surface area contributed by atoms with E-state index in [-0.39, 0.29) is 5.91 Å². The van der Waals surface area contributed by atoms with Crippen molar-refractivity contribution in [1.82, 2.24) is 20.2 Å². The van der Waals surface area contributed by atoms with Crippen LogP contribution < -0.4 is 19.7 Å². The lowest BCUT2D eigenvalue weighted by Gasteiger charge is -2.35. The Morgan fingerprint density at radius 3 is 2.69 bits per heavy atom. The van der Waals surface area contributed by atoms with Crippen LogP contribution in [-0.2, 0) is 6.54 Å². The number of aromatic nitrogens is 2. The fourth-order valence-corrected chi connectivity index (χ4v) is 3.50. The number of nitrogens with zero attached hydrogens (tertiary/aromatic N) is 4. The van der Waals surface area contributed by atoms with Crippen LogP contribution in [-0.4, -0.2) is 60.3 Å². The van der Waals surface area contributed by atoms with Gasteiger partial charge in [-0.3, -0.25) is 9.69 Å². The summed E-state index contributed by atoms with van der Waals surface area (Å²) in [6.45, 7) is 7.58. The molecule has 1 N–H and O–H groups in total. The SMILES string of the molecule is CCCCNC(=O)c1cnc(N2CCN(Cc3ccc4c(c3)OCO4)CC2)cn1. The number of carbonyl (C=O) groups is 1. The average Bonchev–Trinajstić information content (AvgIpc) is 3.22. The number of hydrogen-bond acceptors (Lipinski definition) is 7. The van der Waals surface area contributed by atoms with Gasteiger partial charge in [0.1, 0.15) is 11.5 Å². The Labute approximate surface area is 170 Å². The minimum atomic E-state index is -0.161. The zero-order valence-corrected chi connectivity index (χ0v) is 16.8. The van der Waals surface area contributed by atoms with E-state index in [0.29, 0.717) is 19.0 Å². The van der Waals surface area contributed by atoms with E-state index in [1.54, 1.807) is 12.4 Å². The predicted molar refractivity (Wildman–Crippen MR) is 109 cm³/mol. The van der Waals surface area contributed by atoms with Crippen molar-refractivity contribution in [2.45, 2.75) is 26.3 Å². The maximum atomic E-state index is 12.0. The Balaban J connectivity index is 1.27. The highest BCUT2D eigenvalue weighted by molar-refractivity contribution is 5.91.